The summed E-state index contributed by atoms with van der Waals surface area (Å²) in [6.45, 7) is 1.13. The highest BCUT2D eigenvalue weighted by molar-refractivity contribution is 6.43. The van der Waals surface area contributed by atoms with Gasteiger partial charge in [0.05, 0.1) is 10.6 Å². The lowest BCUT2D eigenvalue weighted by atomic mass is 9.98. The number of hydrogen-bond acceptors (Lipinski definition) is 2. The van der Waals surface area contributed by atoms with Gasteiger partial charge in [-0.15, -0.1) is 0 Å². The van der Waals surface area contributed by atoms with Crippen molar-refractivity contribution >= 4 is 46.3 Å². The van der Waals surface area contributed by atoms with E-state index in [-0.39, 0.29) is 27.3 Å². The average molecular weight is 395 g/mol. The molecule has 0 saturated carbocycles. The van der Waals surface area contributed by atoms with Crippen molar-refractivity contribution in [3.63, 3.8) is 0 Å². The lowest BCUT2D eigenvalue weighted by molar-refractivity contribution is 0.0764. The molecule has 0 spiro atoms. The molecule has 3 nitrogen and oxygen atoms in total. The Hall–Kier alpha value is -1.68. The van der Waals surface area contributed by atoms with Crippen LogP contribution in [-0.2, 0) is 6.42 Å². The summed E-state index contributed by atoms with van der Waals surface area (Å²) in [7, 11) is 0. The lowest BCUT2D eigenvalue weighted by Gasteiger charge is -2.29. The minimum Gasteiger partial charge on any atom is -0.505 e. The van der Waals surface area contributed by atoms with Crippen molar-refractivity contribution in [3.8, 4) is 5.75 Å². The van der Waals surface area contributed by atoms with Crippen LogP contribution < -0.4 is 0 Å². The highest BCUT2D eigenvalue weighted by Crippen LogP contribution is 2.40. The van der Waals surface area contributed by atoms with Crippen LogP contribution >= 0.6 is 34.8 Å². The van der Waals surface area contributed by atoms with E-state index >= 15 is 0 Å². The highest BCUT2D eigenvalue weighted by atomic mass is 35.5. The molecular weight excluding hydrogens is 381 g/mol. The number of rotatable bonds is 1. The Morgan fingerprint density at radius 3 is 2.72 bits per heavy atom. The van der Waals surface area contributed by atoms with Gasteiger partial charge in [0.1, 0.15) is 10.8 Å². The number of nitrogens with zero attached hydrogens (tertiary/aromatic N) is 1. The van der Waals surface area contributed by atoms with E-state index in [1.165, 1.54) is 34.4 Å². The van der Waals surface area contributed by atoms with Crippen LogP contribution in [0.3, 0.4) is 0 Å². The predicted octanol–water partition coefficient (Wildman–Crippen LogP) is 5.21. The number of aromatic hydroxyl groups is 1. The molecule has 128 valence electrons. The van der Waals surface area contributed by atoms with Crippen molar-refractivity contribution in [2.75, 3.05) is 13.1 Å². The molecular formula is C19H14Cl3NO2. The van der Waals surface area contributed by atoms with Crippen LogP contribution in [0.25, 0.3) is 5.57 Å². The van der Waals surface area contributed by atoms with Crippen molar-refractivity contribution in [1.82, 2.24) is 4.90 Å². The van der Waals surface area contributed by atoms with Crippen molar-refractivity contribution in [3.05, 3.63) is 67.7 Å². The summed E-state index contributed by atoms with van der Waals surface area (Å²) in [5.74, 6) is -0.503. The number of hydrogen-bond donors (Lipinski definition) is 1. The van der Waals surface area contributed by atoms with E-state index in [0.717, 1.165) is 17.9 Å². The van der Waals surface area contributed by atoms with Gasteiger partial charge < -0.3 is 10.0 Å². The maximum Gasteiger partial charge on any atom is 0.257 e. The van der Waals surface area contributed by atoms with E-state index in [1.54, 1.807) is 4.90 Å². The van der Waals surface area contributed by atoms with Crippen LogP contribution in [0.5, 0.6) is 5.75 Å². The van der Waals surface area contributed by atoms with E-state index in [1.807, 2.05) is 18.2 Å². The first kappa shape index (κ1) is 16.8. The molecule has 2 aromatic rings. The molecule has 1 heterocycles. The van der Waals surface area contributed by atoms with E-state index in [9.17, 15) is 9.90 Å². The van der Waals surface area contributed by atoms with Crippen LogP contribution in [0.2, 0.25) is 15.1 Å². The van der Waals surface area contributed by atoms with Gasteiger partial charge in [0, 0.05) is 18.1 Å². The molecule has 25 heavy (non-hydrogen) atoms. The second-order valence-corrected chi connectivity index (χ2v) is 7.52. The van der Waals surface area contributed by atoms with Crippen LogP contribution in [0.4, 0.5) is 0 Å². The molecule has 4 rings (SSSR count). The Morgan fingerprint density at radius 1 is 1.12 bits per heavy atom. The first-order valence-electron chi connectivity index (χ1n) is 7.91. The fourth-order valence-corrected chi connectivity index (χ4v) is 4.08. The number of carbonyl (C=O) groups excluding carboxylic acids is 1. The van der Waals surface area contributed by atoms with Gasteiger partial charge in [0.2, 0.25) is 0 Å². The molecule has 0 aromatic heterocycles. The lowest BCUT2D eigenvalue weighted by Crippen LogP contribution is -2.36. The first-order chi connectivity index (χ1) is 12.0. The second kappa shape index (κ2) is 6.24. The summed E-state index contributed by atoms with van der Waals surface area (Å²) in [6.07, 6.45) is 1.61. The third kappa shape index (κ3) is 2.80. The molecule has 1 amide bonds. The maximum atomic E-state index is 12.8. The van der Waals surface area contributed by atoms with Crippen LogP contribution in [0, 0.1) is 0 Å². The predicted molar refractivity (Wildman–Crippen MR) is 101 cm³/mol. The van der Waals surface area contributed by atoms with Gasteiger partial charge in [-0.3, -0.25) is 4.79 Å². The number of phenols is 1. The maximum absolute atomic E-state index is 12.8. The van der Waals surface area contributed by atoms with Crippen molar-refractivity contribution in [2.24, 2.45) is 0 Å². The molecule has 0 radical (unpaired) electrons. The Labute approximate surface area is 160 Å². The van der Waals surface area contributed by atoms with Gasteiger partial charge in [0.15, 0.2) is 0 Å². The van der Waals surface area contributed by atoms with Crippen LogP contribution in [-0.4, -0.2) is 29.0 Å². The number of benzene rings is 2. The van der Waals surface area contributed by atoms with Crippen LogP contribution in [0.1, 0.15) is 27.9 Å². The standard InChI is InChI=1S/C19H14Cl3NO2/c20-12-2-1-10-7-11-9-23(6-5-13(11)15(10)8-12)19(25)14-3-4-16(21)17(22)18(14)24/h1-4,8,24H,5-7,9H2. The number of amides is 1. The van der Waals surface area contributed by atoms with E-state index < -0.39 is 0 Å². The summed E-state index contributed by atoms with van der Waals surface area (Å²) in [4.78, 5) is 14.6. The fourth-order valence-electron chi connectivity index (χ4n) is 3.59. The third-order valence-electron chi connectivity index (χ3n) is 4.83. The SMILES string of the molecule is O=C(c1ccc(Cl)c(Cl)c1O)N1CCC2=C(Cc3ccc(Cl)cc32)C1. The summed E-state index contributed by atoms with van der Waals surface area (Å²) in [6, 6.07) is 8.99. The Kier molecular flexibility index (Phi) is 4.19. The van der Waals surface area contributed by atoms with Crippen molar-refractivity contribution in [1.29, 1.82) is 0 Å². The molecule has 0 unspecified atom stereocenters. The summed E-state index contributed by atoms with van der Waals surface area (Å²) in [5.41, 5.74) is 5.15. The molecule has 2 aromatic carbocycles. The summed E-state index contributed by atoms with van der Waals surface area (Å²) >= 11 is 18.0. The molecule has 2 aliphatic rings. The number of fused-ring (bicyclic) bond motifs is 2. The van der Waals surface area contributed by atoms with Crippen molar-refractivity contribution in [2.45, 2.75) is 12.8 Å². The molecule has 0 atom stereocenters. The largest absolute Gasteiger partial charge is 0.505 e. The van der Waals surface area contributed by atoms with Gasteiger partial charge in [-0.1, -0.05) is 40.9 Å². The van der Waals surface area contributed by atoms with E-state index in [2.05, 4.69) is 0 Å². The molecule has 1 aliphatic heterocycles. The Morgan fingerprint density at radius 2 is 1.92 bits per heavy atom. The fraction of sp³-hybridized carbons (Fsp3) is 0.211. The summed E-state index contributed by atoms with van der Waals surface area (Å²) < 4.78 is 0. The van der Waals surface area contributed by atoms with E-state index in [0.29, 0.717) is 13.1 Å². The molecule has 0 saturated heterocycles. The Balaban J connectivity index is 1.61. The van der Waals surface area contributed by atoms with Gasteiger partial charge in [0.25, 0.3) is 5.91 Å². The minimum atomic E-state index is -0.263. The average Bonchev–Trinajstić information content (AvgIpc) is 2.96. The zero-order valence-electron chi connectivity index (χ0n) is 13.2. The Bertz CT molecular complexity index is 937. The third-order valence-corrected chi connectivity index (χ3v) is 5.86. The van der Waals surface area contributed by atoms with Crippen molar-refractivity contribution < 1.29 is 9.90 Å². The first-order valence-corrected chi connectivity index (χ1v) is 9.05. The monoisotopic (exact) mass is 393 g/mol. The summed E-state index contributed by atoms with van der Waals surface area (Å²) in [5, 5.41) is 11.1. The number of phenolic OH excluding ortho intramolecular Hbond substituents is 1. The van der Waals surface area contributed by atoms with Crippen LogP contribution in [0.15, 0.2) is 35.9 Å². The molecule has 0 bridgehead atoms. The zero-order chi connectivity index (χ0) is 17.7. The molecule has 1 aliphatic carbocycles. The van der Waals surface area contributed by atoms with Gasteiger partial charge in [-0.25, -0.2) is 0 Å². The topological polar surface area (TPSA) is 40.5 Å². The second-order valence-electron chi connectivity index (χ2n) is 6.29. The molecule has 6 heteroatoms. The smallest absolute Gasteiger partial charge is 0.257 e. The molecule has 0 fully saturated rings. The normalized spacial score (nSPS) is 16.0. The molecule has 1 N–H and O–H groups in total. The minimum absolute atomic E-state index is 0.00680. The highest BCUT2D eigenvalue weighted by Gasteiger charge is 2.30. The van der Waals surface area contributed by atoms with E-state index in [4.69, 9.17) is 34.8 Å². The van der Waals surface area contributed by atoms with Gasteiger partial charge >= 0.3 is 0 Å². The number of halogens is 3. The number of carbonyl (C=O) groups is 1. The quantitative estimate of drug-likeness (QED) is 0.721. The zero-order valence-corrected chi connectivity index (χ0v) is 15.4. The van der Waals surface area contributed by atoms with Gasteiger partial charge in [-0.05, 0) is 59.4 Å². The van der Waals surface area contributed by atoms with Gasteiger partial charge in [-0.2, -0.15) is 0 Å².